The van der Waals surface area contributed by atoms with Crippen molar-refractivity contribution >= 4 is 27.9 Å². The van der Waals surface area contributed by atoms with Crippen molar-refractivity contribution < 1.29 is 4.79 Å². The third-order valence-corrected chi connectivity index (χ3v) is 4.66. The highest BCUT2D eigenvalue weighted by Crippen LogP contribution is 2.34. The Morgan fingerprint density at radius 1 is 1.57 bits per heavy atom. The van der Waals surface area contributed by atoms with Gasteiger partial charge in [0, 0.05) is 26.2 Å². The minimum absolute atomic E-state index is 0.250. The molecule has 0 radical (unpaired) electrons. The molecule has 21 heavy (non-hydrogen) atoms. The summed E-state index contributed by atoms with van der Waals surface area (Å²) < 4.78 is 0. The van der Waals surface area contributed by atoms with E-state index in [-0.39, 0.29) is 11.6 Å². The first-order chi connectivity index (χ1) is 9.96. The third-order valence-electron chi connectivity index (χ3n) is 3.59. The fourth-order valence-corrected chi connectivity index (χ4v) is 2.82. The van der Waals surface area contributed by atoms with E-state index in [4.69, 9.17) is 11.0 Å². The SMILES string of the molecule is CCC(C)N(C)CCNc1sc(C#N)c(N)c1C(=O)NC. The van der Waals surface area contributed by atoms with Crippen LogP contribution in [0.3, 0.4) is 0 Å². The van der Waals surface area contributed by atoms with Crippen molar-refractivity contribution in [2.75, 3.05) is 38.2 Å². The molecule has 116 valence electrons. The monoisotopic (exact) mass is 309 g/mol. The summed E-state index contributed by atoms with van der Waals surface area (Å²) in [4.78, 5) is 14.5. The van der Waals surface area contributed by atoms with Gasteiger partial charge in [0.05, 0.1) is 11.3 Å². The van der Waals surface area contributed by atoms with Crippen LogP contribution in [-0.4, -0.2) is 44.0 Å². The number of thiophene rings is 1. The number of carbonyl (C=O) groups excluding carboxylic acids is 1. The number of likely N-dealkylation sites (N-methyl/N-ethyl adjacent to an activating group) is 1. The summed E-state index contributed by atoms with van der Waals surface area (Å²) in [5.74, 6) is -0.275. The molecule has 0 aromatic carbocycles. The van der Waals surface area contributed by atoms with Crippen LogP contribution in [0.5, 0.6) is 0 Å². The molecule has 0 saturated heterocycles. The summed E-state index contributed by atoms with van der Waals surface area (Å²) in [6, 6.07) is 2.53. The average molecular weight is 309 g/mol. The molecule has 0 spiro atoms. The summed E-state index contributed by atoms with van der Waals surface area (Å²) in [5.41, 5.74) is 6.48. The van der Waals surface area contributed by atoms with Crippen molar-refractivity contribution in [2.45, 2.75) is 26.3 Å². The Morgan fingerprint density at radius 2 is 2.24 bits per heavy atom. The normalized spacial score (nSPS) is 12.0. The lowest BCUT2D eigenvalue weighted by Gasteiger charge is -2.23. The highest BCUT2D eigenvalue weighted by atomic mass is 32.1. The number of carbonyl (C=O) groups is 1. The first kappa shape index (κ1) is 17.3. The van der Waals surface area contributed by atoms with Gasteiger partial charge in [-0.1, -0.05) is 6.92 Å². The Kier molecular flexibility index (Phi) is 6.46. The summed E-state index contributed by atoms with van der Waals surface area (Å²) in [6.45, 7) is 5.86. The van der Waals surface area contributed by atoms with Crippen LogP contribution >= 0.6 is 11.3 Å². The Labute approximate surface area is 129 Å². The Hall–Kier alpha value is -1.78. The fourth-order valence-electron chi connectivity index (χ4n) is 1.88. The molecular formula is C14H23N5OS. The lowest BCUT2D eigenvalue weighted by Crippen LogP contribution is -2.32. The number of amides is 1. The summed E-state index contributed by atoms with van der Waals surface area (Å²) in [6.07, 6.45) is 1.09. The second-order valence-corrected chi connectivity index (χ2v) is 5.93. The number of nitrogens with zero attached hydrogens (tertiary/aromatic N) is 2. The number of nitriles is 1. The van der Waals surface area contributed by atoms with Gasteiger partial charge in [-0.3, -0.25) is 4.79 Å². The second-order valence-electron chi connectivity index (χ2n) is 4.90. The molecule has 1 aromatic heterocycles. The molecule has 1 atom stereocenters. The highest BCUT2D eigenvalue weighted by Gasteiger charge is 2.21. The van der Waals surface area contributed by atoms with Crippen LogP contribution in [0.15, 0.2) is 0 Å². The van der Waals surface area contributed by atoms with E-state index in [0.717, 1.165) is 13.0 Å². The molecule has 1 heterocycles. The number of hydrogen-bond acceptors (Lipinski definition) is 6. The van der Waals surface area contributed by atoms with Gasteiger partial charge < -0.3 is 21.3 Å². The topological polar surface area (TPSA) is 94.2 Å². The highest BCUT2D eigenvalue weighted by molar-refractivity contribution is 7.17. The van der Waals surface area contributed by atoms with E-state index in [1.807, 2.05) is 6.07 Å². The fraction of sp³-hybridized carbons (Fsp3) is 0.571. The minimum atomic E-state index is -0.275. The zero-order valence-corrected chi connectivity index (χ0v) is 13.8. The van der Waals surface area contributed by atoms with E-state index in [0.29, 0.717) is 28.0 Å². The molecule has 7 heteroatoms. The first-order valence-electron chi connectivity index (χ1n) is 6.94. The van der Waals surface area contributed by atoms with Crippen LogP contribution in [0.2, 0.25) is 0 Å². The van der Waals surface area contributed by atoms with E-state index in [1.165, 1.54) is 11.3 Å². The summed E-state index contributed by atoms with van der Waals surface area (Å²) in [7, 11) is 3.62. The summed E-state index contributed by atoms with van der Waals surface area (Å²) in [5, 5.41) is 15.5. The van der Waals surface area contributed by atoms with E-state index < -0.39 is 0 Å². The third kappa shape index (κ3) is 4.09. The largest absolute Gasteiger partial charge is 0.396 e. The van der Waals surface area contributed by atoms with Crippen molar-refractivity contribution in [2.24, 2.45) is 0 Å². The smallest absolute Gasteiger partial charge is 0.256 e. The van der Waals surface area contributed by atoms with Gasteiger partial charge in [-0.05, 0) is 20.4 Å². The van der Waals surface area contributed by atoms with Crippen molar-refractivity contribution in [1.29, 1.82) is 5.26 Å². The van der Waals surface area contributed by atoms with Crippen molar-refractivity contribution in [1.82, 2.24) is 10.2 Å². The standard InChI is InChI=1S/C14H23N5OS/c1-5-9(2)19(4)7-6-18-14-11(13(20)17-3)12(16)10(8-15)21-14/h9,18H,5-7,16H2,1-4H3,(H,17,20). The molecule has 1 amide bonds. The summed E-state index contributed by atoms with van der Waals surface area (Å²) >= 11 is 1.22. The number of rotatable bonds is 7. The molecule has 1 aromatic rings. The van der Waals surface area contributed by atoms with Gasteiger partial charge in [0.1, 0.15) is 15.9 Å². The number of hydrogen-bond donors (Lipinski definition) is 3. The van der Waals surface area contributed by atoms with Crippen LogP contribution in [0.1, 0.15) is 35.5 Å². The zero-order valence-electron chi connectivity index (χ0n) is 13.0. The van der Waals surface area contributed by atoms with E-state index in [9.17, 15) is 4.79 Å². The van der Waals surface area contributed by atoms with Gasteiger partial charge >= 0.3 is 0 Å². The maximum absolute atomic E-state index is 11.9. The van der Waals surface area contributed by atoms with Gasteiger partial charge in [0.15, 0.2) is 0 Å². The number of nitrogens with one attached hydrogen (secondary N) is 2. The molecule has 0 saturated carbocycles. The van der Waals surface area contributed by atoms with Gasteiger partial charge in [0.25, 0.3) is 5.91 Å². The molecule has 0 bridgehead atoms. The van der Waals surface area contributed by atoms with E-state index in [2.05, 4.69) is 36.4 Å². The van der Waals surface area contributed by atoms with E-state index in [1.54, 1.807) is 7.05 Å². The maximum Gasteiger partial charge on any atom is 0.256 e. The quantitative estimate of drug-likeness (QED) is 0.713. The molecule has 1 rings (SSSR count). The Bertz CT molecular complexity index is 534. The molecule has 4 N–H and O–H groups in total. The van der Waals surface area contributed by atoms with E-state index >= 15 is 0 Å². The van der Waals surface area contributed by atoms with Gasteiger partial charge in [0.2, 0.25) is 0 Å². The molecule has 0 aliphatic carbocycles. The molecule has 0 fully saturated rings. The Balaban J connectivity index is 2.80. The average Bonchev–Trinajstić information content (AvgIpc) is 2.81. The number of nitrogen functional groups attached to an aromatic ring is 1. The van der Waals surface area contributed by atoms with Crippen LogP contribution in [0, 0.1) is 11.3 Å². The van der Waals surface area contributed by atoms with Crippen molar-refractivity contribution in [3.63, 3.8) is 0 Å². The lowest BCUT2D eigenvalue weighted by atomic mass is 10.2. The van der Waals surface area contributed by atoms with Crippen molar-refractivity contribution in [3.8, 4) is 6.07 Å². The minimum Gasteiger partial charge on any atom is -0.396 e. The number of nitrogens with two attached hydrogens (primary N) is 1. The van der Waals surface area contributed by atoms with Gasteiger partial charge in [-0.25, -0.2) is 0 Å². The molecule has 0 aliphatic heterocycles. The van der Waals surface area contributed by atoms with Gasteiger partial charge in [-0.15, -0.1) is 11.3 Å². The van der Waals surface area contributed by atoms with Crippen LogP contribution in [0.4, 0.5) is 10.7 Å². The van der Waals surface area contributed by atoms with Crippen molar-refractivity contribution in [3.05, 3.63) is 10.4 Å². The predicted molar refractivity (Wildman–Crippen MR) is 87.7 cm³/mol. The molecule has 0 aliphatic rings. The Morgan fingerprint density at radius 3 is 2.76 bits per heavy atom. The molecule has 1 unspecified atom stereocenters. The lowest BCUT2D eigenvalue weighted by molar-refractivity contribution is 0.0965. The van der Waals surface area contributed by atoms with Gasteiger partial charge in [-0.2, -0.15) is 5.26 Å². The number of anilines is 2. The predicted octanol–water partition coefficient (Wildman–Crippen LogP) is 1.70. The molecule has 6 nitrogen and oxygen atoms in total. The second kappa shape index (κ2) is 7.86. The molecular weight excluding hydrogens is 286 g/mol. The maximum atomic E-state index is 11.9. The van der Waals surface area contributed by atoms with Crippen LogP contribution in [0.25, 0.3) is 0 Å². The van der Waals surface area contributed by atoms with Crippen LogP contribution in [-0.2, 0) is 0 Å². The van der Waals surface area contributed by atoms with Crippen LogP contribution < -0.4 is 16.4 Å². The zero-order chi connectivity index (χ0) is 16.0. The first-order valence-corrected chi connectivity index (χ1v) is 7.76.